The maximum atomic E-state index is 12.2. The minimum atomic E-state index is -0.846. The van der Waals surface area contributed by atoms with E-state index in [9.17, 15) is 9.59 Å². The third-order valence-corrected chi connectivity index (χ3v) is 4.44. The summed E-state index contributed by atoms with van der Waals surface area (Å²) >= 11 is 1.59. The van der Waals surface area contributed by atoms with E-state index >= 15 is 0 Å². The topological polar surface area (TPSA) is 57.6 Å². The summed E-state index contributed by atoms with van der Waals surface area (Å²) in [4.78, 5) is 24.6. The second-order valence-corrected chi connectivity index (χ2v) is 6.43. The molecule has 1 amide bonds. The van der Waals surface area contributed by atoms with Crippen LogP contribution in [0.2, 0.25) is 0 Å². The summed E-state index contributed by atoms with van der Waals surface area (Å²) in [7, 11) is 0. The van der Waals surface area contributed by atoms with Crippen LogP contribution < -0.4 is 0 Å². The fraction of sp³-hybridized carbons (Fsp3) is 0.500. The fourth-order valence-corrected chi connectivity index (χ4v) is 3.11. The highest BCUT2D eigenvalue weighted by Crippen LogP contribution is 2.28. The number of aryl methyl sites for hydroxylation is 1. The molecule has 1 aromatic rings. The molecular weight excluding hydrogens is 286 g/mol. The average Bonchev–Trinajstić information content (AvgIpc) is 3.23. The Balaban J connectivity index is 1.78. The molecule has 0 heterocycles. The zero-order chi connectivity index (χ0) is 15.2. The Kier molecular flexibility index (Phi) is 5.67. The van der Waals surface area contributed by atoms with E-state index in [2.05, 4.69) is 25.1 Å². The third-order valence-electron chi connectivity index (χ3n) is 3.45. The standard InChI is InChI=1S/C16H21NO3S/c1-12-3-2-4-13(9-12)10-21-11-15(18)17(14-5-6-14)8-7-16(19)20/h2-4,9,14H,5-8,10-11H2,1H3,(H,19,20). The molecule has 1 saturated carbocycles. The highest BCUT2D eigenvalue weighted by molar-refractivity contribution is 7.99. The number of aliphatic carboxylic acids is 1. The predicted molar refractivity (Wildman–Crippen MR) is 84.3 cm³/mol. The van der Waals surface area contributed by atoms with Crippen molar-refractivity contribution >= 4 is 23.6 Å². The van der Waals surface area contributed by atoms with Crippen molar-refractivity contribution < 1.29 is 14.7 Å². The lowest BCUT2D eigenvalue weighted by Crippen LogP contribution is -2.36. The molecule has 0 unspecified atom stereocenters. The lowest BCUT2D eigenvalue weighted by atomic mass is 10.2. The maximum absolute atomic E-state index is 12.2. The van der Waals surface area contributed by atoms with Gasteiger partial charge in [0.2, 0.25) is 5.91 Å². The Hall–Kier alpha value is -1.49. The van der Waals surface area contributed by atoms with Crippen molar-refractivity contribution in [2.24, 2.45) is 0 Å². The van der Waals surface area contributed by atoms with E-state index < -0.39 is 5.97 Å². The quantitative estimate of drug-likeness (QED) is 0.802. The van der Waals surface area contributed by atoms with Gasteiger partial charge < -0.3 is 10.0 Å². The summed E-state index contributed by atoms with van der Waals surface area (Å²) in [6.07, 6.45) is 2.05. The molecule has 4 nitrogen and oxygen atoms in total. The van der Waals surface area contributed by atoms with Gasteiger partial charge in [-0.05, 0) is 25.3 Å². The lowest BCUT2D eigenvalue weighted by molar-refractivity contribution is -0.138. The minimum absolute atomic E-state index is 0.0325. The predicted octanol–water partition coefficient (Wildman–Crippen LogP) is 2.69. The molecule has 1 aliphatic rings. The monoisotopic (exact) mass is 307 g/mol. The van der Waals surface area contributed by atoms with Crippen molar-refractivity contribution in [1.82, 2.24) is 4.90 Å². The van der Waals surface area contributed by atoms with Crippen LogP contribution in [0.3, 0.4) is 0 Å². The molecule has 0 radical (unpaired) electrons. The number of hydrogen-bond acceptors (Lipinski definition) is 3. The number of carboxylic acids is 1. The first-order valence-corrected chi connectivity index (χ1v) is 8.36. The highest BCUT2D eigenvalue weighted by atomic mass is 32.2. The fourth-order valence-electron chi connectivity index (χ4n) is 2.25. The number of nitrogens with zero attached hydrogens (tertiary/aromatic N) is 1. The van der Waals surface area contributed by atoms with Crippen molar-refractivity contribution in [2.75, 3.05) is 12.3 Å². The number of carbonyl (C=O) groups excluding carboxylic acids is 1. The van der Waals surface area contributed by atoms with Gasteiger partial charge in [-0.2, -0.15) is 0 Å². The first-order chi connectivity index (χ1) is 10.1. The number of benzene rings is 1. The van der Waals surface area contributed by atoms with E-state index in [4.69, 9.17) is 5.11 Å². The van der Waals surface area contributed by atoms with Crippen LogP contribution in [0.25, 0.3) is 0 Å². The molecule has 0 bridgehead atoms. The van der Waals surface area contributed by atoms with Crippen LogP contribution in [0.5, 0.6) is 0 Å². The molecule has 5 heteroatoms. The number of carbonyl (C=O) groups is 2. The second kappa shape index (κ2) is 7.50. The average molecular weight is 307 g/mol. The second-order valence-electron chi connectivity index (χ2n) is 5.44. The van der Waals surface area contributed by atoms with Gasteiger partial charge in [0.25, 0.3) is 0 Å². The summed E-state index contributed by atoms with van der Waals surface area (Å²) in [6, 6.07) is 8.54. The Bertz CT molecular complexity index is 514. The summed E-state index contributed by atoms with van der Waals surface area (Å²) in [5.41, 5.74) is 2.44. The maximum Gasteiger partial charge on any atom is 0.305 e. The van der Waals surface area contributed by atoms with E-state index in [-0.39, 0.29) is 18.4 Å². The first-order valence-electron chi connectivity index (χ1n) is 7.21. The molecule has 1 aromatic carbocycles. The van der Waals surface area contributed by atoms with E-state index in [1.165, 1.54) is 11.1 Å². The van der Waals surface area contributed by atoms with Crippen LogP contribution in [0.15, 0.2) is 24.3 Å². The number of hydrogen-bond donors (Lipinski definition) is 1. The lowest BCUT2D eigenvalue weighted by Gasteiger charge is -2.21. The minimum Gasteiger partial charge on any atom is -0.481 e. The molecule has 114 valence electrons. The van der Waals surface area contributed by atoms with Gasteiger partial charge in [-0.25, -0.2) is 0 Å². The summed E-state index contributed by atoms with van der Waals surface area (Å²) in [5.74, 6) is 0.451. The van der Waals surface area contributed by atoms with Gasteiger partial charge in [0, 0.05) is 18.3 Å². The summed E-state index contributed by atoms with van der Waals surface area (Å²) in [5, 5.41) is 8.75. The molecule has 0 aromatic heterocycles. The van der Waals surface area contributed by atoms with Gasteiger partial charge in [-0.3, -0.25) is 9.59 Å². The van der Waals surface area contributed by atoms with Crippen LogP contribution in [-0.4, -0.2) is 40.2 Å². The molecule has 0 aliphatic heterocycles. The largest absolute Gasteiger partial charge is 0.481 e. The molecule has 1 fully saturated rings. The van der Waals surface area contributed by atoms with Gasteiger partial charge in [0.1, 0.15) is 0 Å². The van der Waals surface area contributed by atoms with Gasteiger partial charge in [0.15, 0.2) is 0 Å². The molecule has 1 aliphatic carbocycles. The van der Waals surface area contributed by atoms with E-state index in [1.807, 2.05) is 6.07 Å². The van der Waals surface area contributed by atoms with Crippen LogP contribution >= 0.6 is 11.8 Å². The van der Waals surface area contributed by atoms with E-state index in [0.717, 1.165) is 18.6 Å². The van der Waals surface area contributed by atoms with Crippen LogP contribution in [0.1, 0.15) is 30.4 Å². The van der Waals surface area contributed by atoms with Crippen molar-refractivity contribution in [3.63, 3.8) is 0 Å². The highest BCUT2D eigenvalue weighted by Gasteiger charge is 2.32. The molecule has 0 spiro atoms. The van der Waals surface area contributed by atoms with Crippen LogP contribution in [0, 0.1) is 6.92 Å². The van der Waals surface area contributed by atoms with Crippen LogP contribution in [-0.2, 0) is 15.3 Å². The van der Waals surface area contributed by atoms with Crippen molar-refractivity contribution in [2.45, 2.75) is 38.0 Å². The first kappa shape index (κ1) is 15.9. The normalized spacial score (nSPS) is 14.0. The van der Waals surface area contributed by atoms with Gasteiger partial charge >= 0.3 is 5.97 Å². The molecule has 0 atom stereocenters. The molecule has 21 heavy (non-hydrogen) atoms. The van der Waals surface area contributed by atoms with E-state index in [1.54, 1.807) is 16.7 Å². The SMILES string of the molecule is Cc1cccc(CSCC(=O)N(CCC(=O)O)C2CC2)c1. The van der Waals surface area contributed by atoms with Crippen LogP contribution in [0.4, 0.5) is 0 Å². The Morgan fingerprint density at radius 3 is 2.76 bits per heavy atom. The Morgan fingerprint density at radius 1 is 1.38 bits per heavy atom. The van der Waals surface area contributed by atoms with Gasteiger partial charge in [-0.15, -0.1) is 11.8 Å². The van der Waals surface area contributed by atoms with Crippen molar-refractivity contribution in [3.8, 4) is 0 Å². The summed E-state index contributed by atoms with van der Waals surface area (Å²) in [6.45, 7) is 2.39. The van der Waals surface area contributed by atoms with E-state index in [0.29, 0.717) is 12.3 Å². The van der Waals surface area contributed by atoms with Crippen molar-refractivity contribution in [1.29, 1.82) is 0 Å². The number of amides is 1. The number of thioether (sulfide) groups is 1. The molecule has 2 rings (SSSR count). The summed E-state index contributed by atoms with van der Waals surface area (Å²) < 4.78 is 0. The molecule has 0 saturated heterocycles. The zero-order valence-corrected chi connectivity index (χ0v) is 13.1. The zero-order valence-electron chi connectivity index (χ0n) is 12.2. The van der Waals surface area contributed by atoms with Gasteiger partial charge in [0.05, 0.1) is 12.2 Å². The molecule has 1 N–H and O–H groups in total. The number of carboxylic acid groups (broad SMARTS) is 1. The van der Waals surface area contributed by atoms with Gasteiger partial charge in [-0.1, -0.05) is 29.8 Å². The Labute approximate surface area is 129 Å². The number of rotatable bonds is 8. The molecular formula is C16H21NO3S. The van der Waals surface area contributed by atoms with Crippen molar-refractivity contribution in [3.05, 3.63) is 35.4 Å². The Morgan fingerprint density at radius 2 is 2.14 bits per heavy atom. The third kappa shape index (κ3) is 5.42. The smallest absolute Gasteiger partial charge is 0.305 e.